The first-order valence-corrected chi connectivity index (χ1v) is 7.69. The molecule has 0 aromatic heterocycles. The molecule has 23 heavy (non-hydrogen) atoms. The molecule has 1 fully saturated rings. The van der Waals surface area contributed by atoms with Gasteiger partial charge in [0, 0.05) is 36.3 Å². The minimum absolute atomic E-state index is 0.0119. The van der Waals surface area contributed by atoms with Gasteiger partial charge in [0.2, 0.25) is 5.91 Å². The summed E-state index contributed by atoms with van der Waals surface area (Å²) in [6.07, 6.45) is 1.05. The predicted molar refractivity (Wildman–Crippen MR) is 87.2 cm³/mol. The fourth-order valence-electron chi connectivity index (χ4n) is 2.29. The van der Waals surface area contributed by atoms with Crippen molar-refractivity contribution in [3.63, 3.8) is 0 Å². The van der Waals surface area contributed by atoms with E-state index in [1.807, 2.05) is 13.8 Å². The van der Waals surface area contributed by atoms with Crippen LogP contribution in [-0.2, 0) is 4.79 Å². The van der Waals surface area contributed by atoms with Crippen LogP contribution in [0.2, 0.25) is 0 Å². The van der Waals surface area contributed by atoms with Gasteiger partial charge in [-0.25, -0.2) is 4.79 Å². The molecular formula is C16H22N4O3. The Morgan fingerprint density at radius 1 is 1.30 bits per heavy atom. The molecule has 1 saturated heterocycles. The van der Waals surface area contributed by atoms with Crippen molar-refractivity contribution in [2.45, 2.75) is 38.8 Å². The number of rotatable bonds is 4. The summed E-state index contributed by atoms with van der Waals surface area (Å²) >= 11 is 0. The van der Waals surface area contributed by atoms with Crippen LogP contribution < -0.4 is 21.3 Å². The molecule has 0 radical (unpaired) electrons. The first kappa shape index (κ1) is 16.8. The van der Waals surface area contributed by atoms with Gasteiger partial charge >= 0.3 is 6.03 Å². The Kier molecular flexibility index (Phi) is 5.56. The van der Waals surface area contributed by atoms with Gasteiger partial charge in [0.05, 0.1) is 0 Å². The molecule has 0 bridgehead atoms. The normalized spacial score (nSPS) is 17.3. The van der Waals surface area contributed by atoms with E-state index < -0.39 is 0 Å². The van der Waals surface area contributed by atoms with Crippen LogP contribution in [-0.4, -0.2) is 36.5 Å². The Bertz CT molecular complexity index is 591. The van der Waals surface area contributed by atoms with E-state index in [1.54, 1.807) is 24.3 Å². The average Bonchev–Trinajstić information content (AvgIpc) is 2.49. The van der Waals surface area contributed by atoms with Gasteiger partial charge < -0.3 is 21.3 Å². The van der Waals surface area contributed by atoms with Gasteiger partial charge in [0.25, 0.3) is 5.91 Å². The Labute approximate surface area is 135 Å². The fourth-order valence-corrected chi connectivity index (χ4v) is 2.29. The molecule has 1 aliphatic rings. The molecule has 2 rings (SSSR count). The molecular weight excluding hydrogens is 296 g/mol. The molecule has 0 saturated carbocycles. The summed E-state index contributed by atoms with van der Waals surface area (Å²) in [6.45, 7) is 4.18. The quantitative estimate of drug-likeness (QED) is 0.672. The molecule has 0 spiro atoms. The number of benzene rings is 1. The van der Waals surface area contributed by atoms with Crippen molar-refractivity contribution in [3.05, 3.63) is 29.8 Å². The van der Waals surface area contributed by atoms with E-state index >= 15 is 0 Å². The molecule has 7 nitrogen and oxygen atoms in total. The number of piperidine rings is 1. The lowest BCUT2D eigenvalue weighted by molar-refractivity contribution is -0.122. The SMILES string of the molecule is CC(C)NC(=O)Nc1cccc(C(=O)NC2CCC(=O)NC2)c1. The van der Waals surface area contributed by atoms with E-state index in [0.717, 1.165) is 0 Å². The van der Waals surface area contributed by atoms with Crippen LogP contribution in [0.3, 0.4) is 0 Å². The monoisotopic (exact) mass is 318 g/mol. The largest absolute Gasteiger partial charge is 0.354 e. The van der Waals surface area contributed by atoms with Gasteiger partial charge in [-0.3, -0.25) is 9.59 Å². The zero-order valence-electron chi connectivity index (χ0n) is 13.3. The van der Waals surface area contributed by atoms with Crippen molar-refractivity contribution in [1.82, 2.24) is 16.0 Å². The molecule has 1 heterocycles. The van der Waals surface area contributed by atoms with Gasteiger partial charge in [0.1, 0.15) is 0 Å². The van der Waals surface area contributed by atoms with Crippen molar-refractivity contribution in [1.29, 1.82) is 0 Å². The van der Waals surface area contributed by atoms with E-state index in [-0.39, 0.29) is 29.9 Å². The summed E-state index contributed by atoms with van der Waals surface area (Å²) in [4.78, 5) is 35.1. The third kappa shape index (κ3) is 5.28. The van der Waals surface area contributed by atoms with Gasteiger partial charge in [-0.1, -0.05) is 6.07 Å². The van der Waals surface area contributed by atoms with Gasteiger partial charge in [-0.15, -0.1) is 0 Å². The number of anilines is 1. The average molecular weight is 318 g/mol. The lowest BCUT2D eigenvalue weighted by Gasteiger charge is -2.23. The number of hydrogen-bond donors (Lipinski definition) is 4. The second kappa shape index (κ2) is 7.62. The van der Waals surface area contributed by atoms with Gasteiger partial charge in [0.15, 0.2) is 0 Å². The van der Waals surface area contributed by atoms with Crippen molar-refractivity contribution < 1.29 is 14.4 Å². The highest BCUT2D eigenvalue weighted by atomic mass is 16.2. The zero-order chi connectivity index (χ0) is 16.8. The van der Waals surface area contributed by atoms with Gasteiger partial charge in [-0.2, -0.15) is 0 Å². The van der Waals surface area contributed by atoms with E-state index in [2.05, 4.69) is 21.3 Å². The first-order valence-electron chi connectivity index (χ1n) is 7.69. The Balaban J connectivity index is 1.94. The van der Waals surface area contributed by atoms with E-state index in [1.165, 1.54) is 0 Å². The lowest BCUT2D eigenvalue weighted by atomic mass is 10.1. The second-order valence-corrected chi connectivity index (χ2v) is 5.85. The highest BCUT2D eigenvalue weighted by Crippen LogP contribution is 2.12. The van der Waals surface area contributed by atoms with Gasteiger partial charge in [-0.05, 0) is 38.5 Å². The summed E-state index contributed by atoms with van der Waals surface area (Å²) in [5.41, 5.74) is 1.01. The van der Waals surface area contributed by atoms with Crippen LogP contribution in [0.5, 0.6) is 0 Å². The van der Waals surface area contributed by atoms with E-state index in [0.29, 0.717) is 30.6 Å². The third-order valence-corrected chi connectivity index (χ3v) is 3.40. The maximum absolute atomic E-state index is 12.3. The van der Waals surface area contributed by atoms with Crippen LogP contribution in [0.15, 0.2) is 24.3 Å². The van der Waals surface area contributed by atoms with Crippen LogP contribution in [0.1, 0.15) is 37.0 Å². The van der Waals surface area contributed by atoms with Crippen LogP contribution >= 0.6 is 0 Å². The summed E-state index contributed by atoms with van der Waals surface area (Å²) in [7, 11) is 0. The maximum atomic E-state index is 12.3. The molecule has 1 aromatic rings. The van der Waals surface area contributed by atoms with Crippen LogP contribution in [0.25, 0.3) is 0 Å². The molecule has 7 heteroatoms. The lowest BCUT2D eigenvalue weighted by Crippen LogP contribution is -2.47. The number of carbonyl (C=O) groups excluding carboxylic acids is 3. The zero-order valence-corrected chi connectivity index (χ0v) is 13.3. The topological polar surface area (TPSA) is 99.3 Å². The summed E-state index contributed by atoms with van der Waals surface area (Å²) in [5, 5.41) is 11.0. The second-order valence-electron chi connectivity index (χ2n) is 5.85. The molecule has 1 atom stereocenters. The minimum Gasteiger partial charge on any atom is -0.354 e. The molecule has 4 N–H and O–H groups in total. The van der Waals surface area contributed by atoms with Crippen molar-refractivity contribution >= 4 is 23.5 Å². The van der Waals surface area contributed by atoms with Crippen molar-refractivity contribution in [3.8, 4) is 0 Å². The summed E-state index contributed by atoms with van der Waals surface area (Å²) in [6, 6.07) is 6.38. The van der Waals surface area contributed by atoms with Crippen LogP contribution in [0.4, 0.5) is 10.5 Å². The Morgan fingerprint density at radius 2 is 2.09 bits per heavy atom. The number of amides is 4. The number of urea groups is 1. The molecule has 0 aliphatic carbocycles. The highest BCUT2D eigenvalue weighted by molar-refractivity contribution is 5.97. The first-order chi connectivity index (χ1) is 10.9. The summed E-state index contributed by atoms with van der Waals surface area (Å²) < 4.78 is 0. The fraction of sp³-hybridized carbons (Fsp3) is 0.438. The van der Waals surface area contributed by atoms with E-state index in [9.17, 15) is 14.4 Å². The molecule has 1 unspecified atom stereocenters. The Hall–Kier alpha value is -2.57. The van der Waals surface area contributed by atoms with Crippen molar-refractivity contribution in [2.24, 2.45) is 0 Å². The number of carbonyl (C=O) groups is 3. The standard InChI is InChI=1S/C16H22N4O3/c1-10(2)18-16(23)20-12-5-3-4-11(8-12)15(22)19-13-6-7-14(21)17-9-13/h3-5,8,10,13H,6-7,9H2,1-2H3,(H,17,21)(H,19,22)(H2,18,20,23). The van der Waals surface area contributed by atoms with E-state index in [4.69, 9.17) is 0 Å². The number of hydrogen-bond acceptors (Lipinski definition) is 3. The minimum atomic E-state index is -0.312. The predicted octanol–water partition coefficient (Wildman–Crippen LogP) is 1.22. The smallest absolute Gasteiger partial charge is 0.319 e. The summed E-state index contributed by atoms with van der Waals surface area (Å²) in [5.74, 6) is -0.211. The molecule has 1 aliphatic heterocycles. The molecule has 1 aromatic carbocycles. The molecule has 124 valence electrons. The number of nitrogens with one attached hydrogen (secondary N) is 4. The van der Waals surface area contributed by atoms with Crippen LogP contribution in [0, 0.1) is 0 Å². The van der Waals surface area contributed by atoms with Crippen molar-refractivity contribution in [2.75, 3.05) is 11.9 Å². The molecule has 4 amide bonds. The highest BCUT2D eigenvalue weighted by Gasteiger charge is 2.20. The Morgan fingerprint density at radius 3 is 2.74 bits per heavy atom. The third-order valence-electron chi connectivity index (χ3n) is 3.40. The maximum Gasteiger partial charge on any atom is 0.319 e.